The molecule has 0 radical (unpaired) electrons. The summed E-state index contributed by atoms with van der Waals surface area (Å²) >= 11 is 0. The first kappa shape index (κ1) is 19.7. The Kier molecular flexibility index (Phi) is 5.04. The fraction of sp³-hybridized carbons (Fsp3) is 0.227. The molecular weight excluding hydrogens is 393 g/mol. The van der Waals surface area contributed by atoms with Crippen LogP contribution in [0.15, 0.2) is 30.3 Å². The second-order valence-electron chi connectivity index (χ2n) is 7.17. The van der Waals surface area contributed by atoms with Gasteiger partial charge in [0, 0.05) is 49.6 Å². The number of fused-ring (bicyclic) bond motifs is 2. The molecule has 1 N–H and O–H groups in total. The van der Waals surface area contributed by atoms with Crippen LogP contribution in [0.1, 0.15) is 29.3 Å². The summed E-state index contributed by atoms with van der Waals surface area (Å²) in [4.78, 5) is 18.3. The minimum atomic E-state index is -1.51. The van der Waals surface area contributed by atoms with Crippen molar-refractivity contribution >= 4 is 22.5 Å². The van der Waals surface area contributed by atoms with Gasteiger partial charge in [-0.1, -0.05) is 0 Å². The van der Waals surface area contributed by atoms with E-state index in [0.717, 1.165) is 23.4 Å². The van der Waals surface area contributed by atoms with Gasteiger partial charge < -0.3 is 10.2 Å². The average Bonchev–Trinajstić information content (AvgIpc) is 2.74. The van der Waals surface area contributed by atoms with E-state index in [1.165, 1.54) is 6.92 Å². The maximum absolute atomic E-state index is 13.6. The number of rotatable bonds is 3. The smallest absolute Gasteiger partial charge is 0.219 e. The molecular formula is C22H17F3N4O. The monoisotopic (exact) mass is 410 g/mol. The van der Waals surface area contributed by atoms with Crippen molar-refractivity contribution in [1.82, 2.24) is 9.88 Å². The van der Waals surface area contributed by atoms with Gasteiger partial charge in [-0.3, -0.25) is 9.78 Å². The number of nitriles is 1. The molecule has 1 amide bonds. The van der Waals surface area contributed by atoms with E-state index < -0.39 is 17.5 Å². The van der Waals surface area contributed by atoms with Gasteiger partial charge in [0.2, 0.25) is 5.91 Å². The number of carbonyl (C=O) groups is 1. The highest BCUT2D eigenvalue weighted by molar-refractivity contribution is 5.94. The molecule has 3 aromatic rings. The third kappa shape index (κ3) is 3.54. The molecule has 5 nitrogen and oxygen atoms in total. The van der Waals surface area contributed by atoms with Crippen LogP contribution in [0, 0.1) is 28.8 Å². The molecule has 0 fully saturated rings. The number of anilines is 1. The summed E-state index contributed by atoms with van der Waals surface area (Å²) in [5, 5.41) is 13.1. The van der Waals surface area contributed by atoms with E-state index in [0.29, 0.717) is 41.7 Å². The van der Waals surface area contributed by atoms with E-state index in [1.54, 1.807) is 23.1 Å². The van der Waals surface area contributed by atoms with Gasteiger partial charge in [0.1, 0.15) is 0 Å². The average molecular weight is 410 g/mol. The standard InChI is InChI=1S/C22H17F3N4O/c1-12(30)29-5-4-20-16(11-29)22(15-6-13(9-26)2-3-19(15)28-20)27-10-14-7-17(23)21(25)18(24)8-14/h2-3,6-8H,4-5,10-11H2,1H3,(H,27,28). The number of halogens is 3. The highest BCUT2D eigenvalue weighted by Crippen LogP contribution is 2.33. The zero-order valence-electron chi connectivity index (χ0n) is 16.1. The van der Waals surface area contributed by atoms with Gasteiger partial charge in [0.15, 0.2) is 17.5 Å². The Balaban J connectivity index is 1.80. The van der Waals surface area contributed by atoms with Crippen molar-refractivity contribution in [2.24, 2.45) is 0 Å². The molecule has 0 atom stereocenters. The summed E-state index contributed by atoms with van der Waals surface area (Å²) in [7, 11) is 0. The molecule has 30 heavy (non-hydrogen) atoms. The van der Waals surface area contributed by atoms with Crippen molar-refractivity contribution in [3.8, 4) is 6.07 Å². The van der Waals surface area contributed by atoms with Gasteiger partial charge in [-0.05, 0) is 35.9 Å². The molecule has 1 aromatic heterocycles. The highest BCUT2D eigenvalue weighted by atomic mass is 19.2. The van der Waals surface area contributed by atoms with Crippen LogP contribution in [0.5, 0.6) is 0 Å². The normalized spacial score (nSPS) is 13.1. The Bertz CT molecular complexity index is 1200. The number of nitrogens with one attached hydrogen (secondary N) is 1. The van der Waals surface area contributed by atoms with Crippen LogP contribution in [0.2, 0.25) is 0 Å². The van der Waals surface area contributed by atoms with E-state index in [2.05, 4.69) is 16.4 Å². The largest absolute Gasteiger partial charge is 0.380 e. The van der Waals surface area contributed by atoms with E-state index in [-0.39, 0.29) is 18.0 Å². The van der Waals surface area contributed by atoms with E-state index in [4.69, 9.17) is 0 Å². The quantitative estimate of drug-likeness (QED) is 0.662. The van der Waals surface area contributed by atoms with E-state index in [1.807, 2.05) is 0 Å². The molecule has 1 aliphatic rings. The molecule has 0 saturated heterocycles. The number of carbonyl (C=O) groups excluding carboxylic acids is 1. The first-order valence-corrected chi connectivity index (χ1v) is 9.35. The van der Waals surface area contributed by atoms with Crippen molar-refractivity contribution < 1.29 is 18.0 Å². The third-order valence-electron chi connectivity index (χ3n) is 5.23. The summed E-state index contributed by atoms with van der Waals surface area (Å²) in [5.41, 5.74) is 3.59. The van der Waals surface area contributed by atoms with Crippen molar-refractivity contribution in [3.63, 3.8) is 0 Å². The van der Waals surface area contributed by atoms with Gasteiger partial charge in [-0.15, -0.1) is 0 Å². The predicted molar refractivity (Wildman–Crippen MR) is 105 cm³/mol. The minimum absolute atomic E-state index is 0.0243. The Morgan fingerprint density at radius 1 is 1.23 bits per heavy atom. The Labute approximate surface area is 170 Å². The van der Waals surface area contributed by atoms with E-state index >= 15 is 0 Å². The van der Waals surface area contributed by atoms with Gasteiger partial charge in [-0.25, -0.2) is 13.2 Å². The van der Waals surface area contributed by atoms with Gasteiger partial charge in [-0.2, -0.15) is 5.26 Å². The third-order valence-corrected chi connectivity index (χ3v) is 5.23. The minimum Gasteiger partial charge on any atom is -0.380 e. The molecule has 0 aliphatic carbocycles. The number of hydrogen-bond donors (Lipinski definition) is 1. The molecule has 0 saturated carbocycles. The molecule has 0 bridgehead atoms. The van der Waals surface area contributed by atoms with Crippen LogP contribution in [0.3, 0.4) is 0 Å². The van der Waals surface area contributed by atoms with Crippen LogP contribution < -0.4 is 5.32 Å². The second kappa shape index (κ2) is 7.67. The lowest BCUT2D eigenvalue weighted by molar-refractivity contribution is -0.129. The second-order valence-corrected chi connectivity index (χ2v) is 7.17. The van der Waals surface area contributed by atoms with E-state index in [9.17, 15) is 23.2 Å². The van der Waals surface area contributed by atoms with Crippen molar-refractivity contribution in [2.45, 2.75) is 26.4 Å². The number of pyridine rings is 1. The lowest BCUT2D eigenvalue weighted by atomic mass is 9.98. The fourth-order valence-corrected chi connectivity index (χ4v) is 3.68. The molecule has 8 heteroatoms. The number of hydrogen-bond acceptors (Lipinski definition) is 4. The summed E-state index contributed by atoms with van der Waals surface area (Å²) < 4.78 is 40.5. The van der Waals surface area contributed by atoms with Crippen LogP contribution in [-0.4, -0.2) is 22.3 Å². The Morgan fingerprint density at radius 3 is 2.63 bits per heavy atom. The molecule has 1 aliphatic heterocycles. The highest BCUT2D eigenvalue weighted by Gasteiger charge is 2.24. The van der Waals surface area contributed by atoms with Crippen molar-refractivity contribution in [1.29, 1.82) is 5.26 Å². The maximum Gasteiger partial charge on any atom is 0.219 e. The number of benzene rings is 2. The molecule has 2 heterocycles. The summed E-state index contributed by atoms with van der Waals surface area (Å²) in [6.07, 6.45) is 0.569. The van der Waals surface area contributed by atoms with Crippen LogP contribution in [0.4, 0.5) is 18.9 Å². The lowest BCUT2D eigenvalue weighted by Gasteiger charge is -2.30. The Morgan fingerprint density at radius 2 is 1.97 bits per heavy atom. The first-order valence-electron chi connectivity index (χ1n) is 9.35. The number of aromatic nitrogens is 1. The molecule has 4 rings (SSSR count). The topological polar surface area (TPSA) is 69.0 Å². The van der Waals surface area contributed by atoms with Crippen molar-refractivity contribution in [3.05, 3.63) is 70.2 Å². The summed E-state index contributed by atoms with van der Waals surface area (Å²) in [6, 6.07) is 9.05. The first-order chi connectivity index (χ1) is 14.4. The number of nitrogens with zero attached hydrogens (tertiary/aromatic N) is 3. The predicted octanol–water partition coefficient (Wildman–Crippen LogP) is 4.04. The lowest BCUT2D eigenvalue weighted by Crippen LogP contribution is -2.35. The molecule has 0 unspecified atom stereocenters. The van der Waals surface area contributed by atoms with Gasteiger partial charge >= 0.3 is 0 Å². The molecule has 2 aromatic carbocycles. The molecule has 152 valence electrons. The summed E-state index contributed by atoms with van der Waals surface area (Å²) in [5.74, 6) is -4.10. The fourth-order valence-electron chi connectivity index (χ4n) is 3.68. The van der Waals surface area contributed by atoms with Crippen LogP contribution >= 0.6 is 0 Å². The molecule has 0 spiro atoms. The van der Waals surface area contributed by atoms with Gasteiger partial charge in [0.05, 0.1) is 22.8 Å². The van der Waals surface area contributed by atoms with Crippen LogP contribution in [-0.2, 0) is 24.3 Å². The SMILES string of the molecule is CC(=O)N1CCc2nc3ccc(C#N)cc3c(NCc3cc(F)c(F)c(F)c3)c2C1. The van der Waals surface area contributed by atoms with Crippen molar-refractivity contribution in [2.75, 3.05) is 11.9 Å². The Hall–Kier alpha value is -3.60. The number of amides is 1. The van der Waals surface area contributed by atoms with Gasteiger partial charge in [0.25, 0.3) is 0 Å². The zero-order valence-corrected chi connectivity index (χ0v) is 16.1. The zero-order chi connectivity index (χ0) is 21.4. The van der Waals surface area contributed by atoms with Crippen LogP contribution in [0.25, 0.3) is 10.9 Å². The maximum atomic E-state index is 13.6. The summed E-state index contributed by atoms with van der Waals surface area (Å²) in [6.45, 7) is 2.39.